The van der Waals surface area contributed by atoms with Crippen molar-refractivity contribution in [1.82, 2.24) is 16.0 Å². The molecule has 35 atom stereocenters. The van der Waals surface area contributed by atoms with Crippen molar-refractivity contribution in [3.8, 4) is 0 Å². The second-order valence-electron chi connectivity index (χ2n) is 22.6. The summed E-state index contributed by atoms with van der Waals surface area (Å²) in [5, 5.41) is 226. The number of carbonyl (C=O) groups is 3. The molecule has 7 heterocycles. The summed E-state index contributed by atoms with van der Waals surface area (Å²) < 4.78 is 81.5. The Balaban J connectivity index is 1.16. The molecular formula is C50H85N3O37. The molecule has 7 fully saturated rings. The van der Waals surface area contributed by atoms with Gasteiger partial charge in [0.05, 0.1) is 57.9 Å². The highest BCUT2D eigenvalue weighted by Crippen LogP contribution is 2.41. The van der Waals surface area contributed by atoms with Crippen LogP contribution in [0.1, 0.15) is 20.3 Å². The van der Waals surface area contributed by atoms with Crippen molar-refractivity contribution in [3.63, 3.8) is 0 Å². The molecule has 7 aliphatic heterocycles. The number of hydrogen-bond donors (Lipinski definition) is 23. The minimum Gasteiger partial charge on any atom is -0.477 e. The van der Waals surface area contributed by atoms with Gasteiger partial charge >= 0.3 is 5.97 Å². The highest BCUT2D eigenvalue weighted by atomic mass is 16.8. The molecule has 14 unspecified atom stereocenters. The lowest BCUT2D eigenvalue weighted by atomic mass is 9.89. The summed E-state index contributed by atoms with van der Waals surface area (Å²) in [6.07, 6.45) is -64.8. The van der Waals surface area contributed by atoms with Crippen LogP contribution in [0.2, 0.25) is 0 Å². The van der Waals surface area contributed by atoms with E-state index in [2.05, 4.69) is 16.0 Å². The minimum atomic E-state index is -3.05. The Kier molecular flexibility index (Phi) is 26.6. The first kappa shape index (κ1) is 74.4. The van der Waals surface area contributed by atoms with E-state index in [1.165, 1.54) is 7.05 Å². The predicted octanol–water partition coefficient (Wildman–Crippen LogP) is -15.3. The molecule has 40 heteroatoms. The van der Waals surface area contributed by atoms with Crippen molar-refractivity contribution in [2.75, 3.05) is 60.3 Å². The number of hydrogen-bond acceptors (Lipinski definition) is 37. The largest absolute Gasteiger partial charge is 0.477 e. The van der Waals surface area contributed by atoms with Gasteiger partial charge in [-0.25, -0.2) is 4.79 Å². The van der Waals surface area contributed by atoms with Crippen LogP contribution in [0.5, 0.6) is 0 Å². The van der Waals surface area contributed by atoms with Crippen molar-refractivity contribution in [2.24, 2.45) is 0 Å². The van der Waals surface area contributed by atoms with Gasteiger partial charge in [-0.2, -0.15) is 0 Å². The number of ether oxygens (including phenoxy) is 14. The molecule has 522 valence electrons. The second-order valence-corrected chi connectivity index (χ2v) is 22.6. The summed E-state index contributed by atoms with van der Waals surface area (Å²) >= 11 is 0. The number of likely N-dealkylation sites (N-methyl/N-ethyl adjacent to an activating group) is 1. The highest BCUT2D eigenvalue weighted by Gasteiger charge is 2.62. The molecule has 7 saturated heterocycles. The third kappa shape index (κ3) is 15.8. The van der Waals surface area contributed by atoms with E-state index in [1.54, 1.807) is 0 Å². The lowest BCUT2D eigenvalue weighted by Gasteiger charge is -2.52. The van der Waals surface area contributed by atoms with Crippen LogP contribution in [0, 0.1) is 0 Å². The van der Waals surface area contributed by atoms with E-state index in [0.29, 0.717) is 0 Å². The van der Waals surface area contributed by atoms with Gasteiger partial charge in [-0.3, -0.25) is 9.59 Å². The molecule has 0 saturated carbocycles. The Hall–Kier alpha value is -2.95. The summed E-state index contributed by atoms with van der Waals surface area (Å²) in [7, 11) is 2.48. The van der Waals surface area contributed by atoms with Crippen LogP contribution < -0.4 is 16.0 Å². The van der Waals surface area contributed by atoms with Gasteiger partial charge in [0.25, 0.3) is 5.79 Å². The first-order valence-corrected chi connectivity index (χ1v) is 28.6. The number of aliphatic carboxylic acids is 1. The van der Waals surface area contributed by atoms with E-state index >= 15 is 0 Å². The summed E-state index contributed by atoms with van der Waals surface area (Å²) in [6, 6.07) is -3.32. The molecule has 0 aromatic rings. The van der Waals surface area contributed by atoms with Gasteiger partial charge in [0.2, 0.25) is 11.8 Å². The molecule has 0 aromatic heterocycles. The van der Waals surface area contributed by atoms with Crippen LogP contribution in [0.25, 0.3) is 0 Å². The zero-order chi connectivity index (χ0) is 66.5. The van der Waals surface area contributed by atoms with Gasteiger partial charge in [-0.1, -0.05) is 0 Å². The normalized spacial score (nSPS) is 48.1. The fourth-order valence-corrected chi connectivity index (χ4v) is 11.8. The van der Waals surface area contributed by atoms with Crippen molar-refractivity contribution < 1.29 is 183 Å². The SMILES string of the molecule is CNCC(O)C1O[C@](OC2[C@@H](O)C(CO)O[C@@H](O[C@@H]3C(CO)O[C@@H](O[C@@H]4C(O)[C@@H](O[C@H]5C(CO)O[C@@H](O[C@@H]6C(CO)O[C@@H](O)[C@@H](O)C6O)[C@@H](O)C5O[C@@H]5OC(CO)[C@@H](O)C(O)[C@@H]5O)OC(CO)[C@H]4OC)[C@H](NC(C)=O)C3O)[C@H]2O)(C(=O)O)C[C@@H](O)[C@@H]1NC(C)=O. The number of carboxylic acids is 1. The second kappa shape index (κ2) is 32.2. The molecule has 0 aliphatic carbocycles. The highest BCUT2D eigenvalue weighted by molar-refractivity contribution is 5.76. The van der Waals surface area contributed by atoms with Crippen molar-refractivity contribution in [2.45, 2.75) is 235 Å². The molecule has 90 heavy (non-hydrogen) atoms. The van der Waals surface area contributed by atoms with E-state index in [4.69, 9.17) is 66.3 Å². The molecule has 0 aromatic carbocycles. The molecule has 23 N–H and O–H groups in total. The first-order chi connectivity index (χ1) is 42.6. The number of aliphatic hydroxyl groups is 19. The Morgan fingerprint density at radius 1 is 0.467 bits per heavy atom. The van der Waals surface area contributed by atoms with Crippen LogP contribution in [0.15, 0.2) is 0 Å². The number of amides is 2. The lowest BCUT2D eigenvalue weighted by Crippen LogP contribution is -2.71. The molecule has 0 radical (unpaired) electrons. The van der Waals surface area contributed by atoms with Crippen molar-refractivity contribution in [3.05, 3.63) is 0 Å². The molecular weight excluding hydrogens is 1230 g/mol. The zero-order valence-electron chi connectivity index (χ0n) is 48.7. The van der Waals surface area contributed by atoms with E-state index in [1.807, 2.05) is 0 Å². The maximum absolute atomic E-state index is 13.1. The Morgan fingerprint density at radius 3 is 1.39 bits per heavy atom. The van der Waals surface area contributed by atoms with Gasteiger partial charge in [0.15, 0.2) is 37.7 Å². The zero-order valence-corrected chi connectivity index (χ0v) is 48.7. The number of carboxylic acid groups (broad SMARTS) is 1. The van der Waals surface area contributed by atoms with Gasteiger partial charge in [0.1, 0.15) is 153 Å². The van der Waals surface area contributed by atoms with Crippen LogP contribution >= 0.6 is 0 Å². The number of methoxy groups -OCH3 is 1. The molecule has 7 aliphatic rings. The number of rotatable bonds is 25. The lowest BCUT2D eigenvalue weighted by molar-refractivity contribution is -0.405. The van der Waals surface area contributed by atoms with Crippen LogP contribution in [-0.2, 0) is 80.7 Å². The number of nitrogens with one attached hydrogen (secondary N) is 3. The maximum atomic E-state index is 13.1. The first-order valence-electron chi connectivity index (χ1n) is 28.6. The van der Waals surface area contributed by atoms with E-state index < -0.39 is 278 Å². The minimum absolute atomic E-state index is 0.290. The maximum Gasteiger partial charge on any atom is 0.364 e. The third-order valence-electron chi connectivity index (χ3n) is 16.4. The average Bonchev–Trinajstić information content (AvgIpc) is 0.775. The smallest absolute Gasteiger partial charge is 0.364 e. The van der Waals surface area contributed by atoms with E-state index in [9.17, 15) is 117 Å². The van der Waals surface area contributed by atoms with Crippen molar-refractivity contribution >= 4 is 17.8 Å². The van der Waals surface area contributed by atoms with Crippen LogP contribution in [0.4, 0.5) is 0 Å². The summed E-state index contributed by atoms with van der Waals surface area (Å²) in [6.45, 7) is -4.58. The van der Waals surface area contributed by atoms with Crippen LogP contribution in [0.3, 0.4) is 0 Å². The third-order valence-corrected chi connectivity index (χ3v) is 16.4. The Morgan fingerprint density at radius 2 is 0.878 bits per heavy atom. The van der Waals surface area contributed by atoms with Gasteiger partial charge in [-0.05, 0) is 7.05 Å². The Bertz CT molecular complexity index is 2270. The number of aliphatic hydroxyl groups excluding tert-OH is 19. The monoisotopic (exact) mass is 1320 g/mol. The summed E-state index contributed by atoms with van der Waals surface area (Å²) in [4.78, 5) is 38.2. The van der Waals surface area contributed by atoms with Gasteiger partial charge in [-0.15, -0.1) is 0 Å². The average molecular weight is 1320 g/mol. The fourth-order valence-electron chi connectivity index (χ4n) is 11.8. The molecule has 7 rings (SSSR count). The van der Waals surface area contributed by atoms with E-state index in [0.717, 1.165) is 21.0 Å². The van der Waals surface area contributed by atoms with E-state index in [-0.39, 0.29) is 6.54 Å². The molecule has 0 bridgehead atoms. The topological polar surface area (TPSA) is 621 Å². The summed E-state index contributed by atoms with van der Waals surface area (Å²) in [5.41, 5.74) is 0. The quantitative estimate of drug-likeness (QED) is 0.0404. The van der Waals surface area contributed by atoms with Crippen molar-refractivity contribution in [1.29, 1.82) is 0 Å². The fraction of sp³-hybridized carbons (Fsp3) is 0.940. The van der Waals surface area contributed by atoms with Gasteiger partial charge < -0.3 is 184 Å². The van der Waals surface area contributed by atoms with Crippen LogP contribution in [-0.4, -0.2) is 395 Å². The summed E-state index contributed by atoms with van der Waals surface area (Å²) in [5.74, 6) is -6.65. The molecule has 0 spiro atoms. The standard InChI is InChI=1S/C50H85N3O37/c1-13(60)52-23-15(62)5-50(49(75)76,89-35(23)16(63)6-51-3)90-40-26(65)18(8-55)80-46(32(40)71)84-36-20(10-57)81-44(24(27(36)66)53-14(2)61)87-41-33(72)48(82-21(11-58)38(41)77-4)86-39-22(12-59)83-47(85-37-19(9-56)78-43(74)30(69)29(37)68)34(73)42(39)88-45-31(70)28(67)25(64)17(7-54)79-45/h15-48,51,54-59,62-74H,5-12H2,1-4H3,(H,52,60)(H,53,61)(H,75,76)/t15-,16?,17?,18?,19?,20?,21?,22?,23+,24-,25-,26+,27?,28?,29?,30+,31+,32+,33?,34+,35?,36-,37-,38-,39+,40?,41-,42?,43-,44+,45+,46+,47+,48-,50-/m1/s1. The Labute approximate surface area is 510 Å². The molecule has 40 nitrogen and oxygen atoms in total. The molecule has 2 amide bonds. The number of carbonyl (C=O) groups excluding carboxylic acids is 2. The van der Waals surface area contributed by atoms with Gasteiger partial charge in [0, 0.05) is 33.9 Å². The predicted molar refractivity (Wildman–Crippen MR) is 278 cm³/mol.